The third kappa shape index (κ3) is 8.64. The lowest BCUT2D eigenvalue weighted by Gasteiger charge is -2.41. The number of phenols is 1. The first-order valence-corrected chi connectivity index (χ1v) is 22.4. The van der Waals surface area contributed by atoms with Crippen molar-refractivity contribution in [3.63, 3.8) is 0 Å². The first-order valence-electron chi connectivity index (χ1n) is 21.6. The predicted octanol–water partition coefficient (Wildman–Crippen LogP) is 5.08. The molecule has 63 heavy (non-hydrogen) atoms. The molecule has 3 fully saturated rings. The number of hydrogen-bond donors (Lipinski definition) is 4. The van der Waals surface area contributed by atoms with E-state index in [1.807, 2.05) is 86.6 Å². The Kier molecular flexibility index (Phi) is 11.7. The van der Waals surface area contributed by atoms with Crippen LogP contribution < -0.4 is 10.2 Å². The maximum Gasteiger partial charge on any atom is 0.243 e. The van der Waals surface area contributed by atoms with E-state index in [1.54, 1.807) is 23.5 Å². The van der Waals surface area contributed by atoms with E-state index >= 15 is 0 Å². The van der Waals surface area contributed by atoms with Crippen LogP contribution in [-0.4, -0.2) is 132 Å². The molecule has 16 nitrogen and oxygen atoms in total. The third-order valence-corrected chi connectivity index (χ3v) is 13.7. The highest BCUT2D eigenvalue weighted by Gasteiger charge is 2.44. The average molecular weight is 873 g/mol. The zero-order chi connectivity index (χ0) is 43.9. The summed E-state index contributed by atoms with van der Waals surface area (Å²) in [6.45, 7) is 12.0. The average Bonchev–Trinajstić information content (AvgIpc) is 4.08. The Morgan fingerprint density at radius 2 is 1.73 bits per heavy atom. The highest BCUT2D eigenvalue weighted by atomic mass is 32.1. The normalized spacial score (nSPS) is 19.4. The number of carbonyl (C=O) groups excluding carboxylic acids is 3. The number of hydrogen-bond acceptors (Lipinski definition) is 13. The standard InChI is InChI=1S/C46H52N10O6S/c1-26(2)42(46(61)56-23-33(57)19-37(56)45(60)48-27(3)29-9-11-30(12-10-29)43-28(4)47-25-63-43)39-20-40(52-62-39)54-15-13-53(14-16-54)24-41(59)55-21-32(22-55)35-17-31-18-36(50-51-44(31)49-35)34-7-5-6-8-38(34)58/h5-12,17-18,20,25-27,32-33,37,42,57-58H,13-16,19,21-24H2,1-4H3,(H,48,60)(H,49,51)/t27-,33+,37-,42+/m0/s1. The van der Waals surface area contributed by atoms with E-state index < -0.39 is 18.1 Å². The number of fused-ring (bicyclic) bond motifs is 1. The Morgan fingerprint density at radius 1 is 0.968 bits per heavy atom. The maximum atomic E-state index is 14.3. The Labute approximate surface area is 368 Å². The number of anilines is 1. The van der Waals surface area contributed by atoms with Gasteiger partial charge in [0.2, 0.25) is 17.7 Å². The second-order valence-electron chi connectivity index (χ2n) is 17.4. The summed E-state index contributed by atoms with van der Waals surface area (Å²) in [5, 5.41) is 38.0. The molecule has 17 heteroatoms. The number of piperazine rings is 1. The summed E-state index contributed by atoms with van der Waals surface area (Å²) in [5.41, 5.74) is 7.70. The fourth-order valence-electron chi connectivity index (χ4n) is 8.99. The van der Waals surface area contributed by atoms with Gasteiger partial charge < -0.3 is 39.7 Å². The van der Waals surface area contributed by atoms with Crippen molar-refractivity contribution in [3.8, 4) is 27.4 Å². The number of aromatic hydroxyl groups is 1. The second kappa shape index (κ2) is 17.5. The molecule has 3 aliphatic rings. The molecule has 0 unspecified atom stereocenters. The summed E-state index contributed by atoms with van der Waals surface area (Å²) >= 11 is 1.59. The Balaban J connectivity index is 0.764. The molecule has 0 bridgehead atoms. The van der Waals surface area contributed by atoms with Gasteiger partial charge in [0, 0.05) is 80.9 Å². The number of aliphatic hydroxyl groups excluding tert-OH is 1. The molecule has 2 aromatic carbocycles. The minimum atomic E-state index is -0.829. The number of aryl methyl sites for hydroxylation is 1. The van der Waals surface area contributed by atoms with Crippen molar-refractivity contribution >= 4 is 45.9 Å². The summed E-state index contributed by atoms with van der Waals surface area (Å²) in [5.74, 6) is -0.0221. The molecular weight excluding hydrogens is 821 g/mol. The van der Waals surface area contributed by atoms with Gasteiger partial charge in [-0.2, -0.15) is 0 Å². The number of nitrogens with zero attached hydrogens (tertiary/aromatic N) is 8. The van der Waals surface area contributed by atoms with Crippen molar-refractivity contribution < 1.29 is 29.1 Å². The quantitative estimate of drug-likeness (QED) is 0.128. The van der Waals surface area contributed by atoms with Crippen LogP contribution in [0, 0.1) is 12.8 Å². The van der Waals surface area contributed by atoms with Gasteiger partial charge in [-0.05, 0) is 55.2 Å². The second-order valence-corrected chi connectivity index (χ2v) is 18.2. The number of phenolic OH excluding ortho intramolecular Hbond substituents is 1. The molecule has 3 saturated heterocycles. The van der Waals surface area contributed by atoms with E-state index in [1.165, 1.54) is 4.90 Å². The zero-order valence-electron chi connectivity index (χ0n) is 35.8. The molecule has 3 aliphatic heterocycles. The van der Waals surface area contributed by atoms with E-state index in [0.717, 1.165) is 32.8 Å². The number of rotatable bonds is 12. The van der Waals surface area contributed by atoms with E-state index in [9.17, 15) is 24.6 Å². The number of aliphatic hydroxyl groups is 1. The van der Waals surface area contributed by atoms with Gasteiger partial charge in [-0.3, -0.25) is 19.3 Å². The molecule has 0 saturated carbocycles. The molecule has 0 aliphatic carbocycles. The molecule has 3 amide bonds. The topological polar surface area (TPSA) is 197 Å². The number of aromatic nitrogens is 5. The van der Waals surface area contributed by atoms with Crippen LogP contribution in [0.4, 0.5) is 5.82 Å². The van der Waals surface area contributed by atoms with E-state index in [4.69, 9.17) is 4.52 Å². The lowest BCUT2D eigenvalue weighted by molar-refractivity contribution is -0.141. The molecule has 0 radical (unpaired) electrons. The Bertz CT molecular complexity index is 2610. The predicted molar refractivity (Wildman–Crippen MR) is 238 cm³/mol. The fraction of sp³-hybridized carbons (Fsp3) is 0.413. The molecule has 4 N–H and O–H groups in total. The van der Waals surface area contributed by atoms with E-state index in [0.29, 0.717) is 74.3 Å². The van der Waals surface area contributed by atoms with Crippen LogP contribution in [-0.2, 0) is 14.4 Å². The molecule has 4 atom stereocenters. The number of H-pyrrole nitrogens is 1. The van der Waals surface area contributed by atoms with Crippen LogP contribution in [0.15, 0.2) is 76.8 Å². The number of thiazole rings is 1. The van der Waals surface area contributed by atoms with E-state index in [2.05, 4.69) is 46.5 Å². The minimum Gasteiger partial charge on any atom is -0.507 e. The van der Waals surface area contributed by atoms with Crippen LogP contribution in [0.3, 0.4) is 0 Å². The van der Waals surface area contributed by atoms with Crippen LogP contribution in [0.25, 0.3) is 32.7 Å². The van der Waals surface area contributed by atoms with Gasteiger partial charge >= 0.3 is 0 Å². The smallest absolute Gasteiger partial charge is 0.243 e. The van der Waals surface area contributed by atoms with Crippen molar-refractivity contribution in [2.75, 3.05) is 57.3 Å². The van der Waals surface area contributed by atoms with Crippen LogP contribution in [0.5, 0.6) is 5.75 Å². The van der Waals surface area contributed by atoms with Crippen molar-refractivity contribution in [1.29, 1.82) is 0 Å². The lowest BCUT2D eigenvalue weighted by Crippen LogP contribution is -2.54. The van der Waals surface area contributed by atoms with Gasteiger partial charge in [-0.15, -0.1) is 21.5 Å². The monoisotopic (exact) mass is 872 g/mol. The Morgan fingerprint density at radius 3 is 2.44 bits per heavy atom. The van der Waals surface area contributed by atoms with Crippen molar-refractivity contribution in [3.05, 3.63) is 95.0 Å². The number of β-amino-alcohol motifs (C(OH)–C–C–N with tert-alkyl or cyclic N) is 1. The van der Waals surface area contributed by atoms with Gasteiger partial charge in [-0.1, -0.05) is 55.4 Å². The molecular formula is C46H52N10O6S. The lowest BCUT2D eigenvalue weighted by atomic mass is 9.91. The summed E-state index contributed by atoms with van der Waals surface area (Å²) in [6, 6.07) is 19.7. The van der Waals surface area contributed by atoms with Gasteiger partial charge in [0.15, 0.2) is 17.2 Å². The van der Waals surface area contributed by atoms with Crippen LogP contribution >= 0.6 is 11.3 Å². The largest absolute Gasteiger partial charge is 0.507 e. The highest BCUT2D eigenvalue weighted by molar-refractivity contribution is 7.13. The first-order chi connectivity index (χ1) is 30.4. The van der Waals surface area contributed by atoms with Crippen molar-refractivity contribution in [1.82, 2.24) is 45.3 Å². The van der Waals surface area contributed by atoms with Crippen LogP contribution in [0.2, 0.25) is 0 Å². The molecule has 6 aromatic rings. The van der Waals surface area contributed by atoms with Gasteiger partial charge in [0.05, 0.1) is 40.5 Å². The zero-order valence-corrected chi connectivity index (χ0v) is 36.6. The molecule has 328 valence electrons. The van der Waals surface area contributed by atoms with Crippen molar-refractivity contribution in [2.45, 2.75) is 64.1 Å². The maximum absolute atomic E-state index is 14.3. The molecule has 7 heterocycles. The number of aromatic amines is 1. The number of amides is 3. The van der Waals surface area contributed by atoms with Gasteiger partial charge in [-0.25, -0.2) is 4.98 Å². The van der Waals surface area contributed by atoms with Gasteiger partial charge in [0.25, 0.3) is 0 Å². The van der Waals surface area contributed by atoms with Crippen LogP contribution in [0.1, 0.15) is 67.8 Å². The molecule has 0 spiro atoms. The highest BCUT2D eigenvalue weighted by Crippen LogP contribution is 2.35. The van der Waals surface area contributed by atoms with Gasteiger partial charge in [0.1, 0.15) is 17.7 Å². The molecule has 4 aromatic heterocycles. The number of nitrogens with one attached hydrogen (secondary N) is 2. The number of likely N-dealkylation sites (tertiary alicyclic amines) is 2. The van der Waals surface area contributed by atoms with Crippen molar-refractivity contribution in [2.24, 2.45) is 5.92 Å². The number of para-hydroxylation sites is 1. The fourth-order valence-corrected chi connectivity index (χ4v) is 9.80. The summed E-state index contributed by atoms with van der Waals surface area (Å²) in [4.78, 5) is 57.8. The Hall–Kier alpha value is -6.17. The number of carbonyl (C=O) groups is 3. The van der Waals surface area contributed by atoms with E-state index in [-0.39, 0.29) is 54.3 Å². The first kappa shape index (κ1) is 42.1. The summed E-state index contributed by atoms with van der Waals surface area (Å²) < 4.78 is 5.85. The summed E-state index contributed by atoms with van der Waals surface area (Å²) in [7, 11) is 0. The summed E-state index contributed by atoms with van der Waals surface area (Å²) in [6.07, 6.45) is -0.679. The third-order valence-electron chi connectivity index (χ3n) is 12.7. The SMILES string of the molecule is Cc1ncsc1-c1ccc([C@H](C)NC(=O)[C@@H]2C[C@@H](O)CN2C(=O)[C@@H](c2cc(N3CCN(CC(=O)N4CC(c5cc6cc(-c7ccccc7O)nnc6[nH]5)C4)CC3)no2)C(C)C)cc1. The number of benzene rings is 2. The minimum absolute atomic E-state index is 0.0537. The molecule has 9 rings (SSSR count).